The number of amides is 2. The highest BCUT2D eigenvalue weighted by Crippen LogP contribution is 2.19. The quantitative estimate of drug-likeness (QED) is 0.358. The lowest BCUT2D eigenvalue weighted by molar-refractivity contribution is -0.132. The van der Waals surface area contributed by atoms with Crippen LogP contribution in [-0.2, 0) is 22.5 Å². The summed E-state index contributed by atoms with van der Waals surface area (Å²) in [6.07, 6.45) is 2.33. The van der Waals surface area contributed by atoms with Gasteiger partial charge in [0.2, 0.25) is 5.91 Å². The molecule has 1 saturated heterocycles. The van der Waals surface area contributed by atoms with Crippen LogP contribution in [0.5, 0.6) is 0 Å². The van der Waals surface area contributed by atoms with E-state index in [0.717, 1.165) is 29.5 Å². The number of hydrogen-bond donors (Lipinski definition) is 0. The topological polar surface area (TPSA) is 66.2 Å². The number of morpholine rings is 1. The van der Waals surface area contributed by atoms with Crippen molar-refractivity contribution in [3.63, 3.8) is 0 Å². The summed E-state index contributed by atoms with van der Waals surface area (Å²) in [6, 6.07) is 21.1. The van der Waals surface area contributed by atoms with E-state index < -0.39 is 0 Å². The molecule has 0 radical (unpaired) electrons. The van der Waals surface area contributed by atoms with Crippen LogP contribution in [0, 0.1) is 0 Å². The zero-order valence-corrected chi connectivity index (χ0v) is 21.9. The van der Waals surface area contributed by atoms with Gasteiger partial charge in [-0.15, -0.1) is 0 Å². The molecule has 36 heavy (non-hydrogen) atoms. The van der Waals surface area contributed by atoms with Gasteiger partial charge in [-0.05, 0) is 52.2 Å². The van der Waals surface area contributed by atoms with Crippen LogP contribution in [0.3, 0.4) is 0 Å². The smallest absolute Gasteiger partial charge is 0.255 e. The third-order valence-electron chi connectivity index (χ3n) is 6.30. The summed E-state index contributed by atoms with van der Waals surface area (Å²) < 4.78 is 11.7. The first-order valence-corrected chi connectivity index (χ1v) is 13.1. The molecule has 1 fully saturated rings. The van der Waals surface area contributed by atoms with Gasteiger partial charge in [0, 0.05) is 37.2 Å². The maximum atomic E-state index is 13.6. The van der Waals surface area contributed by atoms with Crippen molar-refractivity contribution < 1.29 is 18.7 Å². The third-order valence-corrected chi connectivity index (χ3v) is 6.99. The minimum Gasteiger partial charge on any atom is -0.467 e. The molecule has 0 saturated carbocycles. The van der Waals surface area contributed by atoms with Gasteiger partial charge in [0.15, 0.2) is 0 Å². The Labute approximate surface area is 220 Å². The highest BCUT2D eigenvalue weighted by molar-refractivity contribution is 9.10. The first-order chi connectivity index (χ1) is 17.6. The van der Waals surface area contributed by atoms with Crippen LogP contribution in [0.4, 0.5) is 0 Å². The number of benzene rings is 2. The van der Waals surface area contributed by atoms with E-state index >= 15 is 0 Å². The molecule has 190 valence electrons. The molecule has 2 heterocycles. The van der Waals surface area contributed by atoms with Gasteiger partial charge in [0.05, 0.1) is 31.6 Å². The van der Waals surface area contributed by atoms with E-state index in [1.54, 1.807) is 22.1 Å². The molecule has 0 atom stereocenters. The normalized spacial score (nSPS) is 13.9. The number of carbonyl (C=O) groups is 2. The van der Waals surface area contributed by atoms with Crippen molar-refractivity contribution in [2.24, 2.45) is 0 Å². The molecule has 1 aliphatic heterocycles. The molecule has 0 aliphatic carbocycles. The van der Waals surface area contributed by atoms with Gasteiger partial charge >= 0.3 is 0 Å². The highest BCUT2D eigenvalue weighted by Gasteiger charge is 2.25. The zero-order valence-electron chi connectivity index (χ0n) is 20.4. The van der Waals surface area contributed by atoms with Crippen molar-refractivity contribution in [2.45, 2.75) is 13.0 Å². The Morgan fingerprint density at radius 1 is 0.889 bits per heavy atom. The fraction of sp³-hybridized carbons (Fsp3) is 0.357. The first kappa shape index (κ1) is 26.1. The Kier molecular flexibility index (Phi) is 9.72. The van der Waals surface area contributed by atoms with Crippen molar-refractivity contribution in [3.8, 4) is 0 Å². The zero-order chi connectivity index (χ0) is 25.2. The number of furan rings is 1. The maximum absolute atomic E-state index is 13.6. The van der Waals surface area contributed by atoms with Gasteiger partial charge in [0.1, 0.15) is 12.3 Å². The Bertz CT molecular complexity index is 1100. The Morgan fingerprint density at radius 2 is 1.64 bits per heavy atom. The summed E-state index contributed by atoms with van der Waals surface area (Å²) in [5.41, 5.74) is 1.71. The number of carbonyl (C=O) groups excluding carboxylic acids is 2. The lowest BCUT2D eigenvalue weighted by Gasteiger charge is -2.31. The van der Waals surface area contributed by atoms with Gasteiger partial charge in [0.25, 0.3) is 5.91 Å². The van der Waals surface area contributed by atoms with Crippen LogP contribution >= 0.6 is 15.9 Å². The molecule has 0 unspecified atom stereocenters. The minimum absolute atomic E-state index is 0.00000583. The van der Waals surface area contributed by atoms with E-state index in [9.17, 15) is 9.59 Å². The van der Waals surface area contributed by atoms with E-state index in [2.05, 4.69) is 33.0 Å². The lowest BCUT2D eigenvalue weighted by Crippen LogP contribution is -2.47. The molecule has 2 amide bonds. The van der Waals surface area contributed by atoms with Crippen molar-refractivity contribution in [2.75, 3.05) is 52.5 Å². The Hall–Kier alpha value is -2.94. The van der Waals surface area contributed by atoms with Crippen LogP contribution in [0.15, 0.2) is 81.9 Å². The average molecular weight is 554 g/mol. The molecular weight excluding hydrogens is 522 g/mol. The summed E-state index contributed by atoms with van der Waals surface area (Å²) in [5.74, 6) is 0.447. The number of hydrogen-bond acceptors (Lipinski definition) is 5. The van der Waals surface area contributed by atoms with Crippen molar-refractivity contribution in [3.05, 3.63) is 94.4 Å². The fourth-order valence-electron chi connectivity index (χ4n) is 4.20. The van der Waals surface area contributed by atoms with Crippen LogP contribution in [-0.4, -0.2) is 79.0 Å². The first-order valence-electron chi connectivity index (χ1n) is 12.3. The van der Waals surface area contributed by atoms with E-state index in [4.69, 9.17) is 9.15 Å². The predicted octanol–water partition coefficient (Wildman–Crippen LogP) is 4.09. The maximum Gasteiger partial charge on any atom is 0.255 e. The number of halogens is 1. The van der Waals surface area contributed by atoms with E-state index in [0.29, 0.717) is 50.7 Å². The average Bonchev–Trinajstić information content (AvgIpc) is 3.43. The van der Waals surface area contributed by atoms with Crippen LogP contribution in [0.2, 0.25) is 0 Å². The van der Waals surface area contributed by atoms with E-state index in [-0.39, 0.29) is 18.4 Å². The van der Waals surface area contributed by atoms with Crippen molar-refractivity contribution >= 4 is 27.7 Å². The molecule has 0 bridgehead atoms. The van der Waals surface area contributed by atoms with Crippen molar-refractivity contribution in [1.82, 2.24) is 14.7 Å². The Balaban J connectivity index is 1.49. The van der Waals surface area contributed by atoms with Gasteiger partial charge in [-0.2, -0.15) is 0 Å². The summed E-state index contributed by atoms with van der Waals surface area (Å²) >= 11 is 3.50. The number of nitrogens with zero attached hydrogens (tertiary/aromatic N) is 3. The molecule has 3 aromatic rings. The van der Waals surface area contributed by atoms with Crippen LogP contribution < -0.4 is 0 Å². The standard InChI is InChI=1S/C28H32BrN3O4/c29-26-11-5-4-10-25(26)28(34)32(15-14-30-16-19-35-20-17-30)22-27(33)31(21-24-9-6-18-36-24)13-12-23-7-2-1-3-8-23/h1-11,18H,12-17,19-22H2. The molecule has 0 spiro atoms. The second kappa shape index (κ2) is 13.4. The van der Waals surface area contributed by atoms with Gasteiger partial charge in [-0.1, -0.05) is 42.5 Å². The molecule has 4 rings (SSSR count). The molecule has 8 heteroatoms. The molecule has 1 aromatic heterocycles. The fourth-order valence-corrected chi connectivity index (χ4v) is 4.65. The molecule has 7 nitrogen and oxygen atoms in total. The van der Waals surface area contributed by atoms with E-state index in [1.165, 1.54) is 0 Å². The van der Waals surface area contributed by atoms with Gasteiger partial charge in [-0.3, -0.25) is 14.5 Å². The molecule has 0 N–H and O–H groups in total. The summed E-state index contributed by atoms with van der Waals surface area (Å²) in [6.45, 7) is 5.07. The Morgan fingerprint density at radius 3 is 2.36 bits per heavy atom. The monoisotopic (exact) mass is 553 g/mol. The molecular formula is C28H32BrN3O4. The van der Waals surface area contributed by atoms with E-state index in [1.807, 2.05) is 48.5 Å². The SMILES string of the molecule is O=C(CN(CCN1CCOCC1)C(=O)c1ccccc1Br)N(CCc1ccccc1)Cc1ccco1. The summed E-state index contributed by atoms with van der Waals surface area (Å²) in [4.78, 5) is 32.9. The summed E-state index contributed by atoms with van der Waals surface area (Å²) in [5, 5.41) is 0. The van der Waals surface area contributed by atoms with Gasteiger partial charge in [-0.25, -0.2) is 0 Å². The number of rotatable bonds is 11. The largest absolute Gasteiger partial charge is 0.467 e. The second-order valence-electron chi connectivity index (χ2n) is 8.79. The molecule has 2 aromatic carbocycles. The van der Waals surface area contributed by atoms with Crippen LogP contribution in [0.25, 0.3) is 0 Å². The third kappa shape index (κ3) is 7.53. The predicted molar refractivity (Wildman–Crippen MR) is 142 cm³/mol. The highest BCUT2D eigenvalue weighted by atomic mass is 79.9. The summed E-state index contributed by atoms with van der Waals surface area (Å²) in [7, 11) is 0. The number of ether oxygens (including phenoxy) is 1. The molecule has 1 aliphatic rings. The second-order valence-corrected chi connectivity index (χ2v) is 9.65. The lowest BCUT2D eigenvalue weighted by atomic mass is 10.1. The van der Waals surface area contributed by atoms with Gasteiger partial charge < -0.3 is 19.0 Å². The van der Waals surface area contributed by atoms with Crippen molar-refractivity contribution in [1.29, 1.82) is 0 Å². The minimum atomic E-state index is -0.162. The van der Waals surface area contributed by atoms with Crippen LogP contribution in [0.1, 0.15) is 21.7 Å².